The summed E-state index contributed by atoms with van der Waals surface area (Å²) in [6.45, 7) is 2.33. The summed E-state index contributed by atoms with van der Waals surface area (Å²) < 4.78 is 13.4. The average Bonchev–Trinajstić information content (AvgIpc) is 3.35. The zero-order chi connectivity index (χ0) is 24.2. The molecule has 0 bridgehead atoms. The van der Waals surface area contributed by atoms with E-state index < -0.39 is 12.0 Å². The summed E-state index contributed by atoms with van der Waals surface area (Å²) in [6, 6.07) is 24.2. The molecule has 2 heterocycles. The lowest BCUT2D eigenvalue weighted by atomic mass is 9.95. The van der Waals surface area contributed by atoms with E-state index in [1.54, 1.807) is 4.68 Å². The molecule has 4 aromatic rings. The van der Waals surface area contributed by atoms with E-state index in [0.717, 1.165) is 16.7 Å². The first-order valence-corrected chi connectivity index (χ1v) is 11.5. The lowest BCUT2D eigenvalue weighted by molar-refractivity contribution is -0.140. The molecule has 7 nitrogen and oxygen atoms in total. The predicted octanol–water partition coefficient (Wildman–Crippen LogP) is 5.54. The maximum atomic E-state index is 13.3. The molecule has 5 rings (SSSR count). The molecule has 35 heavy (non-hydrogen) atoms. The molecule has 176 valence electrons. The molecule has 3 aromatic carbocycles. The van der Waals surface area contributed by atoms with Crippen molar-refractivity contribution in [1.29, 1.82) is 0 Å². The van der Waals surface area contributed by atoms with Gasteiger partial charge in [-0.3, -0.25) is 0 Å². The van der Waals surface area contributed by atoms with E-state index in [2.05, 4.69) is 15.4 Å². The number of nitrogens with one attached hydrogen (secondary N) is 1. The Morgan fingerprint density at radius 3 is 2.66 bits per heavy atom. The fourth-order valence-corrected chi connectivity index (χ4v) is 4.21. The lowest BCUT2D eigenvalue weighted by Gasteiger charge is -2.28. The fraction of sp³-hybridized carbons (Fsp3) is 0.148. The molecule has 0 radical (unpaired) electrons. The molecule has 1 aliphatic rings. The molecule has 0 amide bonds. The van der Waals surface area contributed by atoms with Crippen molar-refractivity contribution in [1.82, 2.24) is 14.8 Å². The number of aromatic nitrogens is 3. The Kier molecular flexibility index (Phi) is 6.50. The van der Waals surface area contributed by atoms with Gasteiger partial charge in [0.05, 0.1) is 5.57 Å². The molecule has 8 heteroatoms. The maximum absolute atomic E-state index is 13.3. The van der Waals surface area contributed by atoms with Crippen LogP contribution in [0.1, 0.15) is 29.7 Å². The van der Waals surface area contributed by atoms with Gasteiger partial charge in [-0.25, -0.2) is 9.48 Å². The van der Waals surface area contributed by atoms with Crippen LogP contribution in [0.15, 0.2) is 96.5 Å². The lowest BCUT2D eigenvalue weighted by Crippen LogP contribution is -2.29. The number of halogens is 1. The Morgan fingerprint density at radius 1 is 1.03 bits per heavy atom. The number of hydrogen-bond donors (Lipinski definition) is 1. The van der Waals surface area contributed by atoms with Crippen LogP contribution in [0.25, 0.3) is 0 Å². The average molecular weight is 487 g/mol. The number of rotatable bonds is 7. The zero-order valence-electron chi connectivity index (χ0n) is 19.0. The number of hydrogen-bond acceptors (Lipinski definition) is 6. The Labute approximate surface area is 208 Å². The minimum Gasteiger partial charge on any atom is -0.489 e. The highest BCUT2D eigenvalue weighted by molar-refractivity contribution is 6.31. The number of ether oxygens (including phenoxy) is 2. The van der Waals surface area contributed by atoms with Gasteiger partial charge in [0.2, 0.25) is 5.95 Å². The van der Waals surface area contributed by atoms with Gasteiger partial charge in [0, 0.05) is 16.3 Å². The molecule has 0 saturated heterocycles. The molecule has 0 aliphatic carbocycles. The third-order valence-electron chi connectivity index (χ3n) is 5.75. The normalized spacial score (nSPS) is 14.7. The molecule has 0 fully saturated rings. The summed E-state index contributed by atoms with van der Waals surface area (Å²) in [7, 11) is 0. The van der Waals surface area contributed by atoms with Crippen molar-refractivity contribution in [3.63, 3.8) is 0 Å². The van der Waals surface area contributed by atoms with Crippen molar-refractivity contribution in [2.75, 3.05) is 5.32 Å². The van der Waals surface area contributed by atoms with Crippen molar-refractivity contribution in [3.05, 3.63) is 118 Å². The number of fused-ring (bicyclic) bond motifs is 1. The van der Waals surface area contributed by atoms with Gasteiger partial charge in [-0.2, -0.15) is 10.1 Å². The number of allylic oxidation sites excluding steroid dienone is 1. The van der Waals surface area contributed by atoms with Gasteiger partial charge in [-0.1, -0.05) is 72.3 Å². The van der Waals surface area contributed by atoms with E-state index in [4.69, 9.17) is 21.1 Å². The van der Waals surface area contributed by atoms with Crippen molar-refractivity contribution in [3.8, 4) is 5.75 Å². The Balaban J connectivity index is 1.42. The number of carbonyl (C=O) groups excluding carboxylic acids is 1. The SMILES string of the molecule is CC1=C(C(=O)OCc2ccccc2)C(c2cccc(OCc3ccccc3Cl)c2)n2ncnc2N1. The molecule has 1 aromatic heterocycles. The van der Waals surface area contributed by atoms with Crippen LogP contribution in [0.5, 0.6) is 5.75 Å². The second kappa shape index (κ2) is 10.0. The highest BCUT2D eigenvalue weighted by atomic mass is 35.5. The van der Waals surface area contributed by atoms with E-state index in [9.17, 15) is 4.79 Å². The van der Waals surface area contributed by atoms with E-state index >= 15 is 0 Å². The van der Waals surface area contributed by atoms with Gasteiger partial charge in [0.15, 0.2) is 0 Å². The smallest absolute Gasteiger partial charge is 0.338 e. The van der Waals surface area contributed by atoms with E-state index in [1.165, 1.54) is 6.33 Å². The van der Waals surface area contributed by atoms with Crippen molar-refractivity contribution in [2.45, 2.75) is 26.2 Å². The molecule has 1 N–H and O–H groups in total. The minimum atomic E-state index is -0.527. The Hall–Kier alpha value is -4.10. The topological polar surface area (TPSA) is 78.3 Å². The number of anilines is 1. The summed E-state index contributed by atoms with van der Waals surface area (Å²) in [4.78, 5) is 17.6. The number of nitrogens with zero attached hydrogens (tertiary/aromatic N) is 3. The first kappa shape index (κ1) is 22.7. The van der Waals surface area contributed by atoms with Crippen LogP contribution in [-0.4, -0.2) is 20.7 Å². The van der Waals surface area contributed by atoms with Gasteiger partial charge in [-0.05, 0) is 36.2 Å². The third kappa shape index (κ3) is 4.90. The molecular formula is C27H23ClN4O3. The molecule has 1 atom stereocenters. The summed E-state index contributed by atoms with van der Waals surface area (Å²) in [6.07, 6.45) is 1.46. The number of esters is 1. The Bertz CT molecular complexity index is 1380. The largest absolute Gasteiger partial charge is 0.489 e. The van der Waals surface area contributed by atoms with Gasteiger partial charge < -0.3 is 14.8 Å². The van der Waals surface area contributed by atoms with Crippen LogP contribution < -0.4 is 10.1 Å². The quantitative estimate of drug-likeness (QED) is 0.345. The van der Waals surface area contributed by atoms with Gasteiger partial charge >= 0.3 is 5.97 Å². The first-order chi connectivity index (χ1) is 17.1. The third-order valence-corrected chi connectivity index (χ3v) is 6.12. The highest BCUT2D eigenvalue weighted by Gasteiger charge is 2.34. The summed E-state index contributed by atoms with van der Waals surface area (Å²) in [5, 5.41) is 8.19. The second-order valence-corrected chi connectivity index (χ2v) is 8.52. The standard InChI is InChI=1S/C27H23ClN4O3/c1-18-24(26(33)35-15-19-8-3-2-4-9-19)25(32-27(31-18)29-17-30-32)20-11-7-12-22(14-20)34-16-21-10-5-6-13-23(21)28/h2-14,17,25H,15-16H2,1H3,(H,29,30,31). The van der Waals surface area contributed by atoms with Gasteiger partial charge in [0.25, 0.3) is 0 Å². The van der Waals surface area contributed by atoms with Gasteiger partial charge in [0.1, 0.15) is 31.3 Å². The number of carbonyl (C=O) groups is 1. The fourth-order valence-electron chi connectivity index (χ4n) is 4.02. The van der Waals surface area contributed by atoms with Crippen LogP contribution in [0.2, 0.25) is 5.02 Å². The van der Waals surface area contributed by atoms with E-state index in [-0.39, 0.29) is 6.61 Å². The van der Waals surface area contributed by atoms with Gasteiger partial charge in [-0.15, -0.1) is 0 Å². The number of benzene rings is 3. The molecule has 1 unspecified atom stereocenters. The molecule has 0 saturated carbocycles. The molecular weight excluding hydrogens is 464 g/mol. The minimum absolute atomic E-state index is 0.175. The van der Waals surface area contributed by atoms with Crippen LogP contribution >= 0.6 is 11.6 Å². The first-order valence-electron chi connectivity index (χ1n) is 11.1. The van der Waals surface area contributed by atoms with E-state index in [1.807, 2.05) is 85.8 Å². The highest BCUT2D eigenvalue weighted by Crippen LogP contribution is 2.36. The summed E-state index contributed by atoms with van der Waals surface area (Å²) in [5.74, 6) is 0.777. The monoisotopic (exact) mass is 486 g/mol. The van der Waals surface area contributed by atoms with Crippen molar-refractivity contribution in [2.24, 2.45) is 0 Å². The maximum Gasteiger partial charge on any atom is 0.338 e. The summed E-state index contributed by atoms with van der Waals surface area (Å²) >= 11 is 6.27. The van der Waals surface area contributed by atoms with Crippen LogP contribution in [0.3, 0.4) is 0 Å². The van der Waals surface area contributed by atoms with Crippen LogP contribution in [-0.2, 0) is 22.7 Å². The molecule has 0 spiro atoms. The summed E-state index contributed by atoms with van der Waals surface area (Å²) in [5.41, 5.74) is 3.75. The Morgan fingerprint density at radius 2 is 1.83 bits per heavy atom. The van der Waals surface area contributed by atoms with Crippen molar-refractivity contribution >= 4 is 23.5 Å². The van der Waals surface area contributed by atoms with Crippen molar-refractivity contribution < 1.29 is 14.3 Å². The zero-order valence-corrected chi connectivity index (χ0v) is 19.8. The predicted molar refractivity (Wildman–Crippen MR) is 133 cm³/mol. The van der Waals surface area contributed by atoms with E-state index in [0.29, 0.717) is 34.6 Å². The second-order valence-electron chi connectivity index (χ2n) is 8.11. The molecule has 1 aliphatic heterocycles. The van der Waals surface area contributed by atoms with Crippen LogP contribution in [0, 0.1) is 0 Å². The van der Waals surface area contributed by atoms with Crippen LogP contribution in [0.4, 0.5) is 5.95 Å².